The third-order valence-electron chi connectivity index (χ3n) is 5.61. The zero-order chi connectivity index (χ0) is 21.3. The Kier molecular flexibility index (Phi) is 5.61. The van der Waals surface area contributed by atoms with Gasteiger partial charge in [-0.3, -0.25) is 19.3 Å². The third-order valence-corrected chi connectivity index (χ3v) is 5.61. The Morgan fingerprint density at radius 3 is 2.77 bits per heavy atom. The van der Waals surface area contributed by atoms with E-state index in [2.05, 4.69) is 20.7 Å². The van der Waals surface area contributed by atoms with Crippen LogP contribution in [0, 0.1) is 13.8 Å². The molecule has 2 aromatic rings. The molecule has 1 saturated heterocycles. The maximum absolute atomic E-state index is 12.7. The molecule has 0 unspecified atom stereocenters. The minimum absolute atomic E-state index is 0.190. The van der Waals surface area contributed by atoms with Gasteiger partial charge in [-0.15, -0.1) is 0 Å². The number of hydrogen-bond donors (Lipinski definition) is 3. The largest absolute Gasteiger partial charge is 0.497 e. The Morgan fingerprint density at radius 2 is 2.03 bits per heavy atom. The van der Waals surface area contributed by atoms with Crippen LogP contribution < -0.4 is 15.5 Å². The molecule has 2 amide bonds. The summed E-state index contributed by atoms with van der Waals surface area (Å²) >= 11 is 0. The van der Waals surface area contributed by atoms with Gasteiger partial charge >= 0.3 is 0 Å². The number of methoxy groups -OCH3 is 1. The van der Waals surface area contributed by atoms with Crippen LogP contribution in [0.1, 0.15) is 45.7 Å². The van der Waals surface area contributed by atoms with Crippen LogP contribution >= 0.6 is 0 Å². The Morgan fingerprint density at radius 1 is 1.27 bits per heavy atom. The van der Waals surface area contributed by atoms with Gasteiger partial charge in [-0.2, -0.15) is 0 Å². The summed E-state index contributed by atoms with van der Waals surface area (Å²) in [5.41, 5.74) is 7.30. The van der Waals surface area contributed by atoms with E-state index in [0.717, 1.165) is 42.8 Å². The number of H-pyrrole nitrogens is 1. The van der Waals surface area contributed by atoms with Crippen LogP contribution in [0.3, 0.4) is 0 Å². The van der Waals surface area contributed by atoms with E-state index in [1.807, 2.05) is 26.0 Å². The maximum atomic E-state index is 12.7. The van der Waals surface area contributed by atoms with E-state index in [1.165, 1.54) is 0 Å². The lowest BCUT2D eigenvalue weighted by molar-refractivity contribution is -0.110. The van der Waals surface area contributed by atoms with Crippen LogP contribution in [0.15, 0.2) is 18.2 Å². The first-order valence-corrected chi connectivity index (χ1v) is 10.0. The number of carbonyl (C=O) groups excluding carboxylic acids is 2. The number of nitrogens with zero attached hydrogens (tertiary/aromatic N) is 1. The van der Waals surface area contributed by atoms with Crippen molar-refractivity contribution in [2.24, 2.45) is 0 Å². The number of aromatic nitrogens is 1. The molecule has 4 rings (SSSR count). The smallest absolute Gasteiger partial charge is 0.276 e. The Balaban J connectivity index is 1.53. The van der Waals surface area contributed by atoms with Crippen LogP contribution in [0.5, 0.6) is 5.75 Å². The number of aryl methyl sites for hydroxylation is 1. The number of nitrogens with one attached hydrogen (secondary N) is 3. The average Bonchev–Trinajstić information content (AvgIpc) is 3.41. The highest BCUT2D eigenvalue weighted by molar-refractivity contribution is 6.35. The van der Waals surface area contributed by atoms with Crippen molar-refractivity contribution in [3.8, 4) is 5.75 Å². The lowest BCUT2D eigenvalue weighted by Gasteiger charge is -2.14. The quantitative estimate of drug-likeness (QED) is 0.503. The van der Waals surface area contributed by atoms with Gasteiger partial charge in [-0.25, -0.2) is 5.48 Å². The highest BCUT2D eigenvalue weighted by atomic mass is 16.7. The van der Waals surface area contributed by atoms with Gasteiger partial charge in [0, 0.05) is 36.1 Å². The molecule has 0 aliphatic carbocycles. The minimum Gasteiger partial charge on any atom is -0.497 e. The van der Waals surface area contributed by atoms with E-state index in [-0.39, 0.29) is 11.8 Å². The van der Waals surface area contributed by atoms with Crippen molar-refractivity contribution in [3.63, 3.8) is 0 Å². The third kappa shape index (κ3) is 3.83. The second-order valence-electron chi connectivity index (χ2n) is 7.62. The zero-order valence-electron chi connectivity index (χ0n) is 17.4. The summed E-state index contributed by atoms with van der Waals surface area (Å²) in [4.78, 5) is 35.9. The monoisotopic (exact) mass is 410 g/mol. The van der Waals surface area contributed by atoms with Crippen LogP contribution in [-0.4, -0.2) is 48.6 Å². The standard InChI is InChI=1S/C22H26N4O4/c1-13-18(11-17-16-7-6-15(29-3)10-19(16)24-21(17)27)23-14(2)20(13)22(28)25-30-12-26-8-4-5-9-26/h6-7,10-11,23H,4-5,8-9,12H2,1-3H3,(H,24,27)(H,25,28)/b17-11-. The van der Waals surface area contributed by atoms with E-state index in [0.29, 0.717) is 35.0 Å². The molecule has 30 heavy (non-hydrogen) atoms. The van der Waals surface area contributed by atoms with Crippen LogP contribution in [0.2, 0.25) is 0 Å². The number of likely N-dealkylation sites (tertiary alicyclic amines) is 1. The SMILES string of the molecule is COc1ccc2c(c1)NC(=O)/C2=C\c1[nH]c(C)c(C(=O)NOCN2CCCC2)c1C. The van der Waals surface area contributed by atoms with Crippen molar-refractivity contribution in [3.05, 3.63) is 46.3 Å². The molecule has 2 aliphatic rings. The molecule has 0 atom stereocenters. The maximum Gasteiger partial charge on any atom is 0.276 e. The number of fused-ring (bicyclic) bond motifs is 1. The van der Waals surface area contributed by atoms with Gasteiger partial charge in [-0.05, 0) is 50.5 Å². The van der Waals surface area contributed by atoms with E-state index in [4.69, 9.17) is 9.57 Å². The van der Waals surface area contributed by atoms with Gasteiger partial charge < -0.3 is 15.0 Å². The highest BCUT2D eigenvalue weighted by Crippen LogP contribution is 2.36. The predicted octanol–water partition coefficient (Wildman–Crippen LogP) is 2.85. The highest BCUT2D eigenvalue weighted by Gasteiger charge is 2.26. The number of anilines is 1. The summed E-state index contributed by atoms with van der Waals surface area (Å²) in [6.07, 6.45) is 4.10. The summed E-state index contributed by atoms with van der Waals surface area (Å²) < 4.78 is 5.22. The van der Waals surface area contributed by atoms with Gasteiger partial charge in [-0.1, -0.05) is 0 Å². The summed E-state index contributed by atoms with van der Waals surface area (Å²) in [5.74, 6) is 0.186. The second kappa shape index (κ2) is 8.33. The molecule has 0 saturated carbocycles. The van der Waals surface area contributed by atoms with Gasteiger partial charge in [0.15, 0.2) is 0 Å². The van der Waals surface area contributed by atoms with Crippen LogP contribution in [0.25, 0.3) is 11.6 Å². The van der Waals surface area contributed by atoms with Gasteiger partial charge in [0.25, 0.3) is 11.8 Å². The van der Waals surface area contributed by atoms with Gasteiger partial charge in [0.05, 0.1) is 23.9 Å². The Labute approximate surface area is 175 Å². The summed E-state index contributed by atoms with van der Waals surface area (Å²) in [7, 11) is 1.59. The zero-order valence-corrected chi connectivity index (χ0v) is 17.4. The predicted molar refractivity (Wildman–Crippen MR) is 114 cm³/mol. The number of rotatable bonds is 6. The number of benzene rings is 1. The van der Waals surface area contributed by atoms with E-state index in [9.17, 15) is 9.59 Å². The fraction of sp³-hybridized carbons (Fsp3) is 0.364. The first-order chi connectivity index (χ1) is 14.5. The fourth-order valence-electron chi connectivity index (χ4n) is 4.00. The topological polar surface area (TPSA) is 95.7 Å². The Hall–Kier alpha value is -3.10. The molecule has 0 radical (unpaired) electrons. The summed E-state index contributed by atoms with van der Waals surface area (Å²) in [6, 6.07) is 5.46. The number of amides is 2. The molecule has 0 bridgehead atoms. The van der Waals surface area contributed by atoms with Crippen molar-refractivity contribution < 1.29 is 19.2 Å². The molecular weight excluding hydrogens is 384 g/mol. The van der Waals surface area contributed by atoms with Crippen molar-refractivity contribution in [2.45, 2.75) is 26.7 Å². The molecule has 1 fully saturated rings. The van der Waals surface area contributed by atoms with Crippen molar-refractivity contribution >= 4 is 29.2 Å². The molecule has 0 spiro atoms. The molecule has 3 N–H and O–H groups in total. The summed E-state index contributed by atoms with van der Waals surface area (Å²) in [6.45, 7) is 6.05. The van der Waals surface area contributed by atoms with E-state index in [1.54, 1.807) is 19.3 Å². The normalized spacial score (nSPS) is 17.3. The average molecular weight is 410 g/mol. The van der Waals surface area contributed by atoms with E-state index < -0.39 is 0 Å². The molecule has 8 heteroatoms. The molecule has 3 heterocycles. The van der Waals surface area contributed by atoms with Crippen LogP contribution in [-0.2, 0) is 9.63 Å². The first-order valence-electron chi connectivity index (χ1n) is 10.0. The number of hydroxylamine groups is 1. The second-order valence-corrected chi connectivity index (χ2v) is 7.62. The molecule has 158 valence electrons. The number of carbonyl (C=O) groups is 2. The molecule has 8 nitrogen and oxygen atoms in total. The number of hydrogen-bond acceptors (Lipinski definition) is 5. The van der Waals surface area contributed by atoms with Gasteiger partial charge in [0.1, 0.15) is 12.5 Å². The number of ether oxygens (including phenoxy) is 1. The molecule has 2 aliphatic heterocycles. The van der Waals surface area contributed by atoms with Gasteiger partial charge in [0.2, 0.25) is 0 Å². The first kappa shape index (κ1) is 20.2. The van der Waals surface area contributed by atoms with Crippen molar-refractivity contribution in [1.82, 2.24) is 15.4 Å². The Bertz CT molecular complexity index is 1020. The minimum atomic E-state index is -0.300. The van der Waals surface area contributed by atoms with Crippen LogP contribution in [0.4, 0.5) is 5.69 Å². The molecule has 1 aromatic carbocycles. The van der Waals surface area contributed by atoms with Crippen molar-refractivity contribution in [2.75, 3.05) is 32.2 Å². The molecular formula is C22H26N4O4. The van der Waals surface area contributed by atoms with Crippen molar-refractivity contribution in [1.29, 1.82) is 0 Å². The lowest BCUT2D eigenvalue weighted by atomic mass is 10.0. The van der Waals surface area contributed by atoms with E-state index >= 15 is 0 Å². The number of aromatic amines is 1. The summed E-state index contributed by atoms with van der Waals surface area (Å²) in [5, 5.41) is 2.86. The lowest BCUT2D eigenvalue weighted by Crippen LogP contribution is -2.31. The molecule has 1 aromatic heterocycles. The fourth-order valence-corrected chi connectivity index (χ4v) is 4.00.